The highest BCUT2D eigenvalue weighted by Crippen LogP contribution is 2.15. The zero-order chi connectivity index (χ0) is 16.8. The van der Waals surface area contributed by atoms with Gasteiger partial charge in [0.1, 0.15) is 5.82 Å². The molecule has 3 rings (SSSR count). The van der Waals surface area contributed by atoms with E-state index in [1.165, 1.54) is 12.1 Å². The van der Waals surface area contributed by atoms with Gasteiger partial charge in [0.05, 0.1) is 11.4 Å². The van der Waals surface area contributed by atoms with Crippen LogP contribution in [0.1, 0.15) is 5.56 Å². The normalized spacial score (nSPS) is 10.2. The fraction of sp³-hybridized carbons (Fsp3) is 0.0556. The Kier molecular flexibility index (Phi) is 4.76. The maximum absolute atomic E-state index is 13.5. The first-order valence-electron chi connectivity index (χ1n) is 7.37. The van der Waals surface area contributed by atoms with Crippen molar-refractivity contribution in [3.63, 3.8) is 0 Å². The topological polar surface area (TPSA) is 66.9 Å². The smallest absolute Gasteiger partial charge is 0.319 e. The largest absolute Gasteiger partial charge is 0.334 e. The van der Waals surface area contributed by atoms with Gasteiger partial charge in [0, 0.05) is 30.7 Å². The summed E-state index contributed by atoms with van der Waals surface area (Å²) in [6.45, 7) is 0.292. The SMILES string of the molecule is O=C(NCc1ccc(-c2cccnc2)nc1)Nc1ccccc1F. The number of anilines is 1. The molecule has 2 aromatic heterocycles. The van der Waals surface area contributed by atoms with Gasteiger partial charge in [-0.15, -0.1) is 0 Å². The highest BCUT2D eigenvalue weighted by atomic mass is 19.1. The van der Waals surface area contributed by atoms with Crippen LogP contribution in [-0.2, 0) is 6.54 Å². The summed E-state index contributed by atoms with van der Waals surface area (Å²) >= 11 is 0. The lowest BCUT2D eigenvalue weighted by Gasteiger charge is -2.08. The summed E-state index contributed by atoms with van der Waals surface area (Å²) in [7, 11) is 0. The molecule has 0 atom stereocenters. The van der Waals surface area contributed by atoms with Crippen LogP contribution in [0.3, 0.4) is 0 Å². The van der Waals surface area contributed by atoms with Crippen molar-refractivity contribution in [1.82, 2.24) is 15.3 Å². The molecule has 3 aromatic rings. The molecule has 6 heteroatoms. The highest BCUT2D eigenvalue weighted by molar-refractivity contribution is 5.89. The summed E-state index contributed by atoms with van der Waals surface area (Å²) in [4.78, 5) is 20.2. The van der Waals surface area contributed by atoms with Crippen LogP contribution in [-0.4, -0.2) is 16.0 Å². The van der Waals surface area contributed by atoms with E-state index in [1.807, 2.05) is 24.3 Å². The summed E-state index contributed by atoms with van der Waals surface area (Å²) in [5.41, 5.74) is 2.71. The van der Waals surface area contributed by atoms with Gasteiger partial charge in [0.15, 0.2) is 0 Å². The van der Waals surface area contributed by atoms with Gasteiger partial charge in [-0.25, -0.2) is 9.18 Å². The minimum absolute atomic E-state index is 0.139. The second-order valence-corrected chi connectivity index (χ2v) is 5.08. The van der Waals surface area contributed by atoms with E-state index in [0.717, 1.165) is 16.8 Å². The summed E-state index contributed by atoms with van der Waals surface area (Å²) < 4.78 is 13.5. The van der Waals surface area contributed by atoms with Crippen LogP contribution in [0.25, 0.3) is 11.3 Å². The van der Waals surface area contributed by atoms with Gasteiger partial charge in [0.2, 0.25) is 0 Å². The van der Waals surface area contributed by atoms with Crippen molar-refractivity contribution in [1.29, 1.82) is 0 Å². The van der Waals surface area contributed by atoms with Crippen molar-refractivity contribution in [2.45, 2.75) is 6.54 Å². The molecular weight excluding hydrogens is 307 g/mol. The first-order valence-corrected chi connectivity index (χ1v) is 7.37. The molecule has 0 aliphatic carbocycles. The molecule has 24 heavy (non-hydrogen) atoms. The van der Waals surface area contributed by atoms with Crippen LogP contribution in [0, 0.1) is 5.82 Å². The number of carbonyl (C=O) groups is 1. The predicted molar refractivity (Wildman–Crippen MR) is 89.7 cm³/mol. The summed E-state index contributed by atoms with van der Waals surface area (Å²) in [5.74, 6) is -0.477. The van der Waals surface area contributed by atoms with E-state index in [2.05, 4.69) is 20.6 Å². The Balaban J connectivity index is 1.57. The zero-order valence-corrected chi connectivity index (χ0v) is 12.7. The van der Waals surface area contributed by atoms with Crippen LogP contribution < -0.4 is 10.6 Å². The fourth-order valence-electron chi connectivity index (χ4n) is 2.13. The molecule has 2 N–H and O–H groups in total. The molecule has 0 fully saturated rings. The first kappa shape index (κ1) is 15.6. The lowest BCUT2D eigenvalue weighted by molar-refractivity contribution is 0.251. The molecule has 0 bridgehead atoms. The number of aromatic nitrogens is 2. The number of hydrogen-bond acceptors (Lipinski definition) is 3. The van der Waals surface area contributed by atoms with E-state index in [9.17, 15) is 9.18 Å². The molecule has 120 valence electrons. The number of halogens is 1. The molecule has 0 saturated carbocycles. The number of para-hydroxylation sites is 1. The highest BCUT2D eigenvalue weighted by Gasteiger charge is 2.06. The van der Waals surface area contributed by atoms with Crippen molar-refractivity contribution in [3.05, 3.63) is 78.5 Å². The van der Waals surface area contributed by atoms with Crippen molar-refractivity contribution in [3.8, 4) is 11.3 Å². The Morgan fingerprint density at radius 1 is 1.04 bits per heavy atom. The minimum atomic E-state index is -0.477. The van der Waals surface area contributed by atoms with Gasteiger partial charge in [-0.1, -0.05) is 18.2 Å². The third-order valence-corrected chi connectivity index (χ3v) is 3.36. The van der Waals surface area contributed by atoms with Crippen LogP contribution in [0.15, 0.2) is 67.1 Å². The zero-order valence-electron chi connectivity index (χ0n) is 12.7. The number of rotatable bonds is 4. The Bertz CT molecular complexity index is 822. The van der Waals surface area contributed by atoms with Gasteiger partial charge in [-0.2, -0.15) is 0 Å². The lowest BCUT2D eigenvalue weighted by Crippen LogP contribution is -2.28. The summed E-state index contributed by atoms with van der Waals surface area (Å²) in [5, 5.41) is 5.13. The fourth-order valence-corrected chi connectivity index (χ4v) is 2.13. The number of pyridine rings is 2. The standard InChI is InChI=1S/C18H15FN4O/c19-15-5-1-2-6-17(15)23-18(24)22-11-13-7-8-16(21-10-13)14-4-3-9-20-12-14/h1-10,12H,11H2,(H2,22,23,24). The number of benzene rings is 1. The lowest BCUT2D eigenvalue weighted by atomic mass is 10.1. The van der Waals surface area contributed by atoms with E-state index in [4.69, 9.17) is 0 Å². The van der Waals surface area contributed by atoms with Gasteiger partial charge in [0.25, 0.3) is 0 Å². The van der Waals surface area contributed by atoms with Crippen LogP contribution in [0.5, 0.6) is 0 Å². The monoisotopic (exact) mass is 322 g/mol. The van der Waals surface area contributed by atoms with E-state index >= 15 is 0 Å². The maximum Gasteiger partial charge on any atom is 0.319 e. The van der Waals surface area contributed by atoms with Crippen molar-refractivity contribution in [2.75, 3.05) is 5.32 Å². The van der Waals surface area contributed by atoms with Crippen LogP contribution >= 0.6 is 0 Å². The molecule has 1 aromatic carbocycles. The van der Waals surface area contributed by atoms with E-state index in [-0.39, 0.29) is 5.69 Å². The summed E-state index contributed by atoms with van der Waals surface area (Å²) in [6, 6.07) is 13.0. The molecule has 2 amide bonds. The van der Waals surface area contributed by atoms with Crippen molar-refractivity contribution >= 4 is 11.7 Å². The first-order chi connectivity index (χ1) is 11.7. The second-order valence-electron chi connectivity index (χ2n) is 5.08. The average Bonchev–Trinajstić information content (AvgIpc) is 2.63. The minimum Gasteiger partial charge on any atom is -0.334 e. The summed E-state index contributed by atoms with van der Waals surface area (Å²) in [6.07, 6.45) is 5.13. The Morgan fingerprint density at radius 2 is 1.92 bits per heavy atom. The number of amides is 2. The Morgan fingerprint density at radius 3 is 2.62 bits per heavy atom. The quantitative estimate of drug-likeness (QED) is 0.771. The third kappa shape index (κ3) is 3.92. The Hall–Kier alpha value is -3.28. The van der Waals surface area contributed by atoms with Crippen LogP contribution in [0.2, 0.25) is 0 Å². The number of carbonyl (C=O) groups excluding carboxylic acids is 1. The molecule has 0 saturated heterocycles. The average molecular weight is 322 g/mol. The van der Waals surface area contributed by atoms with E-state index in [0.29, 0.717) is 6.54 Å². The molecule has 2 heterocycles. The van der Waals surface area contributed by atoms with Gasteiger partial charge in [-0.05, 0) is 35.9 Å². The van der Waals surface area contributed by atoms with E-state index < -0.39 is 11.8 Å². The number of nitrogens with zero attached hydrogens (tertiary/aromatic N) is 2. The molecule has 0 unspecified atom stereocenters. The van der Waals surface area contributed by atoms with Gasteiger partial charge < -0.3 is 10.6 Å². The molecule has 0 aliphatic rings. The molecule has 0 spiro atoms. The number of urea groups is 1. The number of hydrogen-bond donors (Lipinski definition) is 2. The predicted octanol–water partition coefficient (Wildman–Crippen LogP) is 3.60. The molecule has 5 nitrogen and oxygen atoms in total. The number of nitrogens with one attached hydrogen (secondary N) is 2. The third-order valence-electron chi connectivity index (χ3n) is 3.36. The van der Waals surface area contributed by atoms with Crippen molar-refractivity contribution < 1.29 is 9.18 Å². The molecular formula is C18H15FN4O. The maximum atomic E-state index is 13.5. The van der Waals surface area contributed by atoms with Crippen molar-refractivity contribution in [2.24, 2.45) is 0 Å². The molecule has 0 aliphatic heterocycles. The van der Waals surface area contributed by atoms with Gasteiger partial charge in [-0.3, -0.25) is 9.97 Å². The molecule has 0 radical (unpaired) electrons. The van der Waals surface area contributed by atoms with Crippen LogP contribution in [0.4, 0.5) is 14.9 Å². The van der Waals surface area contributed by atoms with E-state index in [1.54, 1.807) is 30.7 Å². The van der Waals surface area contributed by atoms with Gasteiger partial charge >= 0.3 is 6.03 Å². The second kappa shape index (κ2) is 7.32. The Labute approximate surface area is 138 Å².